The van der Waals surface area contributed by atoms with Gasteiger partial charge in [-0.2, -0.15) is 0 Å². The van der Waals surface area contributed by atoms with E-state index in [0.717, 1.165) is 58.2 Å². The molecule has 3 nitrogen and oxygen atoms in total. The zero-order chi connectivity index (χ0) is 13.6. The van der Waals surface area contributed by atoms with Gasteiger partial charge in [-0.25, -0.2) is 0 Å². The molecular weight excluding hydrogens is 238 g/mol. The van der Waals surface area contributed by atoms with E-state index in [1.165, 1.54) is 0 Å². The highest BCUT2D eigenvalue weighted by molar-refractivity contribution is 5.20. The summed E-state index contributed by atoms with van der Waals surface area (Å²) in [6.07, 6.45) is 10.5. The minimum absolute atomic E-state index is 0.00819. The van der Waals surface area contributed by atoms with Crippen LogP contribution in [0, 0.1) is 10.8 Å². The summed E-state index contributed by atoms with van der Waals surface area (Å²) in [4.78, 5) is 2.45. The van der Waals surface area contributed by atoms with Gasteiger partial charge in [-0.05, 0) is 38.6 Å². The zero-order valence-electron chi connectivity index (χ0n) is 12.1. The lowest BCUT2D eigenvalue weighted by Gasteiger charge is -2.65. The van der Waals surface area contributed by atoms with Crippen LogP contribution in [-0.2, 0) is 0 Å². The molecule has 19 heavy (non-hydrogen) atoms. The molecule has 0 aromatic carbocycles. The van der Waals surface area contributed by atoms with Crippen molar-refractivity contribution in [1.82, 2.24) is 4.90 Å². The van der Waals surface area contributed by atoms with Gasteiger partial charge in [0.05, 0.1) is 12.2 Å². The van der Waals surface area contributed by atoms with E-state index in [0.29, 0.717) is 0 Å². The molecule has 0 unspecified atom stereocenters. The summed E-state index contributed by atoms with van der Waals surface area (Å²) in [6.45, 7) is 5.19. The summed E-state index contributed by atoms with van der Waals surface area (Å²) in [7, 11) is 0. The van der Waals surface area contributed by atoms with Crippen molar-refractivity contribution in [2.75, 3.05) is 26.2 Å². The number of rotatable bonds is 2. The van der Waals surface area contributed by atoms with Crippen LogP contribution in [0.25, 0.3) is 0 Å². The number of likely N-dealkylation sites (tertiary alicyclic amines) is 1. The molecule has 3 aliphatic rings. The lowest BCUT2D eigenvalue weighted by molar-refractivity contribution is -0.254. The summed E-state index contributed by atoms with van der Waals surface area (Å²) in [5.41, 5.74) is -1.02. The third-order valence-electron chi connectivity index (χ3n) is 6.24. The zero-order valence-corrected chi connectivity index (χ0v) is 12.1. The first-order valence-corrected chi connectivity index (χ1v) is 7.82. The van der Waals surface area contributed by atoms with Gasteiger partial charge in [-0.15, -0.1) is 0 Å². The van der Waals surface area contributed by atoms with Gasteiger partial charge in [0.15, 0.2) is 0 Å². The van der Waals surface area contributed by atoms with Crippen molar-refractivity contribution in [2.24, 2.45) is 10.8 Å². The Morgan fingerprint density at radius 1 is 1.16 bits per heavy atom. The van der Waals surface area contributed by atoms with E-state index in [9.17, 15) is 10.2 Å². The van der Waals surface area contributed by atoms with Crippen LogP contribution in [-0.4, -0.2) is 47.0 Å². The number of aliphatic hydroxyl groups excluding tert-OH is 1. The monoisotopic (exact) mass is 265 g/mol. The van der Waals surface area contributed by atoms with Gasteiger partial charge in [-0.1, -0.05) is 25.5 Å². The Kier molecular flexibility index (Phi) is 3.27. The first kappa shape index (κ1) is 13.6. The molecule has 2 bridgehead atoms. The normalized spacial score (nSPS) is 46.7. The van der Waals surface area contributed by atoms with Crippen LogP contribution >= 0.6 is 0 Å². The van der Waals surface area contributed by atoms with E-state index in [1.54, 1.807) is 0 Å². The van der Waals surface area contributed by atoms with Crippen molar-refractivity contribution in [1.29, 1.82) is 0 Å². The summed E-state index contributed by atoms with van der Waals surface area (Å²) >= 11 is 0. The van der Waals surface area contributed by atoms with Gasteiger partial charge >= 0.3 is 0 Å². The molecular formula is C16H27NO2. The predicted octanol–water partition coefficient (Wildman–Crippen LogP) is 1.94. The maximum absolute atomic E-state index is 11.6. The minimum Gasteiger partial charge on any atom is -0.396 e. The fourth-order valence-corrected chi connectivity index (χ4v) is 5.13. The third-order valence-corrected chi connectivity index (χ3v) is 6.24. The molecule has 1 heterocycles. The molecule has 108 valence electrons. The maximum Gasteiger partial charge on any atom is 0.0840 e. The quantitative estimate of drug-likeness (QED) is 0.750. The van der Waals surface area contributed by atoms with Crippen LogP contribution in [0.3, 0.4) is 0 Å². The first-order chi connectivity index (χ1) is 9.11. The number of piperidine rings is 1. The summed E-state index contributed by atoms with van der Waals surface area (Å²) in [5, 5.41) is 21.7. The van der Waals surface area contributed by atoms with Crippen LogP contribution in [0.2, 0.25) is 0 Å². The molecule has 2 fully saturated rings. The topological polar surface area (TPSA) is 43.7 Å². The molecule has 1 aliphatic heterocycles. The van der Waals surface area contributed by atoms with E-state index in [4.69, 9.17) is 0 Å². The number of hydrogen-bond acceptors (Lipinski definition) is 3. The van der Waals surface area contributed by atoms with E-state index in [-0.39, 0.29) is 17.4 Å². The van der Waals surface area contributed by atoms with Crippen LogP contribution < -0.4 is 0 Å². The Morgan fingerprint density at radius 2 is 2.00 bits per heavy atom. The average molecular weight is 265 g/mol. The van der Waals surface area contributed by atoms with Crippen molar-refractivity contribution in [3.8, 4) is 0 Å². The van der Waals surface area contributed by atoms with Crippen LogP contribution in [0.5, 0.6) is 0 Å². The molecule has 0 amide bonds. The van der Waals surface area contributed by atoms with Crippen molar-refractivity contribution in [3.63, 3.8) is 0 Å². The molecule has 1 saturated heterocycles. The van der Waals surface area contributed by atoms with E-state index in [1.807, 2.05) is 0 Å². The second-order valence-corrected chi connectivity index (χ2v) is 6.95. The van der Waals surface area contributed by atoms with E-state index >= 15 is 0 Å². The van der Waals surface area contributed by atoms with Gasteiger partial charge < -0.3 is 15.1 Å². The predicted molar refractivity (Wildman–Crippen MR) is 75.9 cm³/mol. The molecule has 0 aromatic heterocycles. The summed E-state index contributed by atoms with van der Waals surface area (Å²) in [5.74, 6) is 0. The van der Waals surface area contributed by atoms with Crippen LogP contribution in [0.1, 0.15) is 45.4 Å². The van der Waals surface area contributed by atoms with Crippen molar-refractivity contribution < 1.29 is 10.2 Å². The molecule has 0 radical (unpaired) electrons. The van der Waals surface area contributed by atoms with Crippen molar-refractivity contribution in [2.45, 2.75) is 51.0 Å². The Balaban J connectivity index is 2.08. The molecule has 2 aliphatic carbocycles. The number of allylic oxidation sites excluding steroid dienone is 1. The number of nitrogens with zero attached hydrogens (tertiary/aromatic N) is 1. The van der Waals surface area contributed by atoms with Gasteiger partial charge in [0.25, 0.3) is 0 Å². The SMILES string of the molecule is CCN1C[C@@]23CCC=CC[C@@]2(O)[C@](CO)(CCC3)C1. The van der Waals surface area contributed by atoms with Gasteiger partial charge in [0.1, 0.15) is 0 Å². The Bertz CT molecular complexity index is 383. The second-order valence-electron chi connectivity index (χ2n) is 6.95. The minimum atomic E-state index is -0.703. The van der Waals surface area contributed by atoms with E-state index in [2.05, 4.69) is 24.0 Å². The molecule has 3 rings (SSSR count). The summed E-state index contributed by atoms with van der Waals surface area (Å²) in [6, 6.07) is 0. The second kappa shape index (κ2) is 4.57. The molecule has 3 heteroatoms. The van der Waals surface area contributed by atoms with Crippen LogP contribution in [0.4, 0.5) is 0 Å². The molecule has 3 atom stereocenters. The smallest absolute Gasteiger partial charge is 0.0840 e. The Labute approximate surface area is 116 Å². The Hall–Kier alpha value is -0.380. The van der Waals surface area contributed by atoms with Gasteiger partial charge in [-0.3, -0.25) is 0 Å². The maximum atomic E-state index is 11.6. The average Bonchev–Trinajstić information content (AvgIpc) is 2.57. The fraction of sp³-hybridized carbons (Fsp3) is 0.875. The molecule has 0 spiro atoms. The van der Waals surface area contributed by atoms with Gasteiger partial charge in [0, 0.05) is 23.9 Å². The number of aliphatic hydroxyl groups is 2. The van der Waals surface area contributed by atoms with Crippen molar-refractivity contribution >= 4 is 0 Å². The largest absolute Gasteiger partial charge is 0.396 e. The van der Waals surface area contributed by atoms with E-state index < -0.39 is 5.60 Å². The highest BCUT2D eigenvalue weighted by Gasteiger charge is 2.66. The summed E-state index contributed by atoms with van der Waals surface area (Å²) < 4.78 is 0. The van der Waals surface area contributed by atoms with Crippen molar-refractivity contribution in [3.05, 3.63) is 12.2 Å². The van der Waals surface area contributed by atoms with Crippen LogP contribution in [0.15, 0.2) is 12.2 Å². The fourth-order valence-electron chi connectivity index (χ4n) is 5.13. The lowest BCUT2D eigenvalue weighted by Crippen LogP contribution is -2.73. The Morgan fingerprint density at radius 3 is 2.74 bits per heavy atom. The molecule has 2 N–H and O–H groups in total. The first-order valence-electron chi connectivity index (χ1n) is 7.82. The standard InChI is InChI=1S/C16H27NO2/c1-2-17-11-14-7-4-3-5-10-16(14,19)15(12-17,13-18)9-6-8-14/h3,5,18-19H,2,4,6-13H2,1H3/t14-,15+,16-/m0/s1. The number of hydrogen-bond donors (Lipinski definition) is 2. The molecule has 0 aromatic rings. The highest BCUT2D eigenvalue weighted by Crippen LogP contribution is 2.61. The molecule has 1 saturated carbocycles. The third kappa shape index (κ3) is 1.68. The lowest BCUT2D eigenvalue weighted by atomic mass is 9.47. The highest BCUT2D eigenvalue weighted by atomic mass is 16.3. The van der Waals surface area contributed by atoms with Gasteiger partial charge in [0.2, 0.25) is 0 Å².